The van der Waals surface area contributed by atoms with Crippen molar-refractivity contribution in [3.05, 3.63) is 41.5 Å². The second kappa shape index (κ2) is 7.45. The van der Waals surface area contributed by atoms with E-state index in [2.05, 4.69) is 5.32 Å². The third-order valence-corrected chi connectivity index (χ3v) is 3.49. The number of carbonyl (C=O) groups excluding carboxylic acids is 1. The lowest BCUT2D eigenvalue weighted by atomic mass is 10.1. The summed E-state index contributed by atoms with van der Waals surface area (Å²) < 4.78 is 15.8. The molecule has 0 unspecified atom stereocenters. The van der Waals surface area contributed by atoms with E-state index in [9.17, 15) is 9.90 Å². The number of nitrogen functional groups attached to an aromatic ring is 1. The molecule has 2 rings (SSSR count). The smallest absolute Gasteiger partial charge is 0.255 e. The van der Waals surface area contributed by atoms with E-state index in [0.29, 0.717) is 17.2 Å². The van der Waals surface area contributed by atoms with E-state index in [0.717, 1.165) is 5.56 Å². The minimum Gasteiger partial charge on any atom is -0.505 e. The van der Waals surface area contributed by atoms with Gasteiger partial charge < -0.3 is 30.4 Å². The van der Waals surface area contributed by atoms with E-state index in [1.807, 2.05) is 0 Å². The van der Waals surface area contributed by atoms with Crippen LogP contribution in [0.4, 0.5) is 5.69 Å². The number of aromatic hydroxyl groups is 1. The zero-order chi connectivity index (χ0) is 17.7. The maximum absolute atomic E-state index is 12.2. The summed E-state index contributed by atoms with van der Waals surface area (Å²) in [5.41, 5.74) is 6.61. The molecular formula is C17H20N2O5. The topological polar surface area (TPSA) is 103 Å². The van der Waals surface area contributed by atoms with Crippen molar-refractivity contribution in [3.8, 4) is 23.0 Å². The first-order valence-corrected chi connectivity index (χ1v) is 7.16. The first-order chi connectivity index (χ1) is 11.5. The molecule has 0 aromatic heterocycles. The first kappa shape index (κ1) is 17.3. The summed E-state index contributed by atoms with van der Waals surface area (Å²) >= 11 is 0. The Hall–Kier alpha value is -3.09. The molecule has 7 heteroatoms. The van der Waals surface area contributed by atoms with Crippen LogP contribution in [0.15, 0.2) is 30.3 Å². The lowest BCUT2D eigenvalue weighted by Crippen LogP contribution is -2.23. The maximum atomic E-state index is 12.2. The number of ether oxygens (including phenoxy) is 3. The molecule has 2 aromatic rings. The van der Waals surface area contributed by atoms with Crippen LogP contribution in [0.2, 0.25) is 0 Å². The van der Waals surface area contributed by atoms with Gasteiger partial charge in [0.2, 0.25) is 5.75 Å². The van der Waals surface area contributed by atoms with Gasteiger partial charge in [0.25, 0.3) is 5.91 Å². The standard InChI is InChI=1S/C17H20N2O5/c1-22-13-7-10(8-14(23-2)16(13)24-3)9-19-17(21)11-5-4-6-12(18)15(11)20/h4-8,20H,9,18H2,1-3H3,(H,19,21). The van der Waals surface area contributed by atoms with Crippen LogP contribution in [0.5, 0.6) is 23.0 Å². The van der Waals surface area contributed by atoms with Crippen LogP contribution < -0.4 is 25.3 Å². The van der Waals surface area contributed by atoms with Crippen molar-refractivity contribution in [2.75, 3.05) is 27.1 Å². The van der Waals surface area contributed by atoms with Crippen molar-refractivity contribution in [1.82, 2.24) is 5.32 Å². The lowest BCUT2D eigenvalue weighted by Gasteiger charge is -2.14. The number of para-hydroxylation sites is 1. The number of carbonyl (C=O) groups is 1. The van der Waals surface area contributed by atoms with Crippen LogP contribution in [-0.4, -0.2) is 32.3 Å². The minimum atomic E-state index is -0.437. The first-order valence-electron chi connectivity index (χ1n) is 7.16. The van der Waals surface area contributed by atoms with Gasteiger partial charge in [0.1, 0.15) is 0 Å². The van der Waals surface area contributed by atoms with Gasteiger partial charge in [-0.15, -0.1) is 0 Å². The molecule has 2 aromatic carbocycles. The molecule has 0 aliphatic heterocycles. The normalized spacial score (nSPS) is 10.1. The summed E-state index contributed by atoms with van der Waals surface area (Å²) in [6.45, 7) is 0.212. The van der Waals surface area contributed by atoms with E-state index in [-0.39, 0.29) is 23.5 Å². The van der Waals surface area contributed by atoms with Crippen molar-refractivity contribution >= 4 is 11.6 Å². The van der Waals surface area contributed by atoms with E-state index < -0.39 is 5.91 Å². The fourth-order valence-electron chi connectivity index (χ4n) is 2.26. The molecule has 128 valence electrons. The lowest BCUT2D eigenvalue weighted by molar-refractivity contribution is 0.0948. The van der Waals surface area contributed by atoms with E-state index in [1.54, 1.807) is 18.2 Å². The number of rotatable bonds is 6. The van der Waals surface area contributed by atoms with Gasteiger partial charge in [0, 0.05) is 6.54 Å². The average Bonchev–Trinajstić information content (AvgIpc) is 2.60. The van der Waals surface area contributed by atoms with Crippen molar-refractivity contribution < 1.29 is 24.1 Å². The summed E-state index contributed by atoms with van der Waals surface area (Å²) in [6, 6.07) is 8.09. The summed E-state index contributed by atoms with van der Waals surface area (Å²) in [5, 5.41) is 12.6. The molecule has 0 saturated heterocycles. The van der Waals surface area contributed by atoms with Gasteiger partial charge in [-0.25, -0.2) is 0 Å². The Morgan fingerprint density at radius 2 is 1.75 bits per heavy atom. The van der Waals surface area contributed by atoms with E-state index >= 15 is 0 Å². The number of hydrogen-bond donors (Lipinski definition) is 3. The maximum Gasteiger partial charge on any atom is 0.255 e. The number of amides is 1. The summed E-state index contributed by atoms with van der Waals surface area (Å²) in [7, 11) is 4.55. The largest absolute Gasteiger partial charge is 0.505 e. The van der Waals surface area contributed by atoms with Gasteiger partial charge >= 0.3 is 0 Å². The molecule has 24 heavy (non-hydrogen) atoms. The molecule has 0 bridgehead atoms. The monoisotopic (exact) mass is 332 g/mol. The highest BCUT2D eigenvalue weighted by Gasteiger charge is 2.15. The Balaban J connectivity index is 2.20. The molecule has 0 aliphatic carbocycles. The molecule has 4 N–H and O–H groups in total. The van der Waals surface area contributed by atoms with Gasteiger partial charge in [0.05, 0.1) is 32.6 Å². The number of anilines is 1. The predicted molar refractivity (Wildman–Crippen MR) is 89.8 cm³/mol. The fraction of sp³-hybridized carbons (Fsp3) is 0.235. The molecule has 0 fully saturated rings. The summed E-state index contributed by atoms with van der Waals surface area (Å²) in [5.74, 6) is 0.790. The second-order valence-corrected chi connectivity index (χ2v) is 4.96. The highest BCUT2D eigenvalue weighted by molar-refractivity contribution is 5.98. The van der Waals surface area contributed by atoms with E-state index in [4.69, 9.17) is 19.9 Å². The van der Waals surface area contributed by atoms with Gasteiger partial charge in [-0.2, -0.15) is 0 Å². The van der Waals surface area contributed by atoms with Crippen LogP contribution in [0.3, 0.4) is 0 Å². The van der Waals surface area contributed by atoms with Crippen molar-refractivity contribution in [2.45, 2.75) is 6.54 Å². The van der Waals surface area contributed by atoms with Crippen molar-refractivity contribution in [1.29, 1.82) is 0 Å². The number of benzene rings is 2. The number of phenols is 1. The second-order valence-electron chi connectivity index (χ2n) is 4.96. The zero-order valence-electron chi connectivity index (χ0n) is 13.8. The SMILES string of the molecule is COc1cc(CNC(=O)c2cccc(N)c2O)cc(OC)c1OC. The third kappa shape index (κ3) is 3.45. The molecule has 0 saturated carbocycles. The van der Waals surface area contributed by atoms with Crippen molar-refractivity contribution in [3.63, 3.8) is 0 Å². The Morgan fingerprint density at radius 3 is 2.29 bits per heavy atom. The summed E-state index contributed by atoms with van der Waals surface area (Å²) in [4.78, 5) is 12.2. The van der Waals surface area contributed by atoms with Crippen LogP contribution in [0, 0.1) is 0 Å². The van der Waals surface area contributed by atoms with Crippen molar-refractivity contribution in [2.24, 2.45) is 0 Å². The molecule has 0 aliphatic rings. The van der Waals surface area contributed by atoms with Gasteiger partial charge in [0.15, 0.2) is 17.2 Å². The van der Waals surface area contributed by atoms with Crippen LogP contribution in [0.25, 0.3) is 0 Å². The van der Waals surface area contributed by atoms with Gasteiger partial charge in [-0.3, -0.25) is 4.79 Å². The summed E-state index contributed by atoms with van der Waals surface area (Å²) in [6.07, 6.45) is 0. The Kier molecular flexibility index (Phi) is 5.36. The van der Waals surface area contributed by atoms with Crippen LogP contribution >= 0.6 is 0 Å². The molecule has 0 spiro atoms. The predicted octanol–water partition coefficient (Wildman–Crippen LogP) is 1.93. The minimum absolute atomic E-state index is 0.113. The Morgan fingerprint density at radius 1 is 1.12 bits per heavy atom. The number of phenolic OH excluding ortho intramolecular Hbond substituents is 1. The highest BCUT2D eigenvalue weighted by Crippen LogP contribution is 2.38. The molecule has 7 nitrogen and oxygen atoms in total. The Labute approximate surface area is 139 Å². The number of nitrogens with one attached hydrogen (secondary N) is 1. The highest BCUT2D eigenvalue weighted by atomic mass is 16.5. The molecule has 0 atom stereocenters. The van der Waals surface area contributed by atoms with Gasteiger partial charge in [-0.05, 0) is 29.8 Å². The average molecular weight is 332 g/mol. The third-order valence-electron chi connectivity index (χ3n) is 3.49. The van der Waals surface area contributed by atoms with E-state index in [1.165, 1.54) is 33.5 Å². The fourth-order valence-corrected chi connectivity index (χ4v) is 2.26. The van der Waals surface area contributed by atoms with Crippen LogP contribution in [-0.2, 0) is 6.54 Å². The molecular weight excluding hydrogens is 312 g/mol. The van der Waals surface area contributed by atoms with Gasteiger partial charge in [-0.1, -0.05) is 6.07 Å². The molecule has 0 heterocycles. The number of nitrogens with two attached hydrogens (primary N) is 1. The molecule has 0 radical (unpaired) electrons. The Bertz CT molecular complexity index is 721. The number of hydrogen-bond acceptors (Lipinski definition) is 6. The number of methoxy groups -OCH3 is 3. The zero-order valence-corrected chi connectivity index (χ0v) is 13.8. The molecule has 1 amide bonds. The quantitative estimate of drug-likeness (QED) is 0.552. The van der Waals surface area contributed by atoms with Crippen LogP contribution in [0.1, 0.15) is 15.9 Å².